The second kappa shape index (κ2) is 7.81. The molecule has 1 aromatic carbocycles. The van der Waals surface area contributed by atoms with Crippen LogP contribution in [0.15, 0.2) is 30.0 Å². The number of nitrogens with zero attached hydrogens (tertiary/aromatic N) is 4. The average Bonchev–Trinajstić information content (AvgIpc) is 3.25. The molecule has 1 amide bonds. The third kappa shape index (κ3) is 3.61. The second-order valence-corrected chi connectivity index (χ2v) is 6.90. The molecule has 28 heavy (non-hydrogen) atoms. The van der Waals surface area contributed by atoms with Gasteiger partial charge in [0, 0.05) is 36.2 Å². The van der Waals surface area contributed by atoms with Crippen LogP contribution in [0.25, 0.3) is 22.1 Å². The van der Waals surface area contributed by atoms with Crippen molar-refractivity contribution in [1.82, 2.24) is 35.8 Å². The monoisotopic (exact) mass is 380 g/mol. The molecule has 2 aliphatic rings. The van der Waals surface area contributed by atoms with Gasteiger partial charge in [-0.1, -0.05) is 18.6 Å². The molecule has 1 fully saturated rings. The minimum atomic E-state index is 0.225. The van der Waals surface area contributed by atoms with E-state index in [1.807, 2.05) is 31.2 Å². The van der Waals surface area contributed by atoms with Gasteiger partial charge in [-0.05, 0) is 31.9 Å². The summed E-state index contributed by atoms with van der Waals surface area (Å²) in [5.74, 6) is 1.24. The van der Waals surface area contributed by atoms with Crippen LogP contribution in [0.3, 0.4) is 0 Å². The normalized spacial score (nSPS) is 17.1. The molecule has 0 aliphatic carbocycles. The molecule has 9 nitrogen and oxygen atoms in total. The van der Waals surface area contributed by atoms with Gasteiger partial charge in [-0.3, -0.25) is 4.79 Å². The second-order valence-electron chi connectivity index (χ2n) is 6.90. The number of rotatable bonds is 1. The van der Waals surface area contributed by atoms with E-state index in [9.17, 15) is 4.79 Å². The molecule has 2 aliphatic heterocycles. The number of amides is 1. The van der Waals surface area contributed by atoms with Gasteiger partial charge in [0.1, 0.15) is 0 Å². The summed E-state index contributed by atoms with van der Waals surface area (Å²) in [5.41, 5.74) is 15.7. The molecule has 0 atom stereocenters. The van der Waals surface area contributed by atoms with Crippen molar-refractivity contribution in [2.24, 2.45) is 0 Å². The first-order valence-corrected chi connectivity index (χ1v) is 9.50. The lowest BCUT2D eigenvalue weighted by atomic mass is 10.2. The molecule has 146 valence electrons. The van der Waals surface area contributed by atoms with Gasteiger partial charge < -0.3 is 16.5 Å². The molecule has 1 saturated heterocycles. The summed E-state index contributed by atoms with van der Waals surface area (Å²) in [4.78, 5) is 19.6. The lowest BCUT2D eigenvalue weighted by Gasteiger charge is -2.00. The first-order valence-electron chi connectivity index (χ1n) is 9.50. The molecule has 0 spiro atoms. The molecule has 0 saturated carbocycles. The summed E-state index contributed by atoms with van der Waals surface area (Å²) in [5, 5.41) is 8.22. The number of allylic oxidation sites excluding steroid dienone is 1. The van der Waals surface area contributed by atoms with Crippen LogP contribution in [0, 0.1) is 0 Å². The first kappa shape index (κ1) is 18.2. The predicted molar refractivity (Wildman–Crippen MR) is 108 cm³/mol. The molecular weight excluding hydrogens is 356 g/mol. The first-order chi connectivity index (χ1) is 13.6. The van der Waals surface area contributed by atoms with Gasteiger partial charge >= 0.3 is 0 Å². The van der Waals surface area contributed by atoms with Gasteiger partial charge in [0.05, 0.1) is 5.52 Å². The summed E-state index contributed by atoms with van der Waals surface area (Å²) < 4.78 is 1.59. The summed E-state index contributed by atoms with van der Waals surface area (Å²) in [7, 11) is 0. The number of hydrogen-bond acceptors (Lipinski definition) is 7. The molecule has 0 unspecified atom stereocenters. The highest BCUT2D eigenvalue weighted by Crippen LogP contribution is 2.22. The largest absolute Gasteiger partial charge is 0.368 e. The van der Waals surface area contributed by atoms with E-state index in [1.54, 1.807) is 4.52 Å². The summed E-state index contributed by atoms with van der Waals surface area (Å²) in [6, 6.07) is 7.78. The molecule has 4 heterocycles. The van der Waals surface area contributed by atoms with Gasteiger partial charge in [-0.15, -0.1) is 5.10 Å². The Morgan fingerprint density at radius 3 is 2.82 bits per heavy atom. The number of anilines is 1. The highest BCUT2D eigenvalue weighted by Gasteiger charge is 2.18. The van der Waals surface area contributed by atoms with Crippen molar-refractivity contribution in [2.45, 2.75) is 32.6 Å². The highest BCUT2D eigenvalue weighted by atomic mass is 16.1. The zero-order valence-corrected chi connectivity index (χ0v) is 15.8. The highest BCUT2D eigenvalue weighted by molar-refractivity contribution is 5.92. The van der Waals surface area contributed by atoms with Crippen molar-refractivity contribution >= 4 is 34.0 Å². The van der Waals surface area contributed by atoms with E-state index in [0.29, 0.717) is 18.3 Å². The van der Waals surface area contributed by atoms with Gasteiger partial charge in [-0.25, -0.2) is 15.4 Å². The molecule has 5 rings (SSSR count). The fourth-order valence-electron chi connectivity index (χ4n) is 3.33. The van der Waals surface area contributed by atoms with Gasteiger partial charge in [0.2, 0.25) is 11.9 Å². The van der Waals surface area contributed by atoms with Crippen molar-refractivity contribution < 1.29 is 4.79 Å². The number of fused-ring (bicyclic) bond motifs is 3. The number of nitrogens with two attached hydrogens (primary N) is 1. The minimum absolute atomic E-state index is 0.225. The maximum absolute atomic E-state index is 10.6. The van der Waals surface area contributed by atoms with Crippen LogP contribution in [0.4, 0.5) is 5.95 Å². The van der Waals surface area contributed by atoms with Crippen molar-refractivity contribution in [3.05, 3.63) is 35.8 Å². The van der Waals surface area contributed by atoms with E-state index in [2.05, 4.69) is 31.2 Å². The number of carbonyl (C=O) groups is 1. The average molecular weight is 380 g/mol. The van der Waals surface area contributed by atoms with Gasteiger partial charge in [-0.2, -0.15) is 4.52 Å². The zero-order chi connectivity index (χ0) is 19.5. The quantitative estimate of drug-likeness (QED) is 0.503. The Balaban J connectivity index is 0.000000203. The molecule has 9 heteroatoms. The number of hydrazine groups is 1. The van der Waals surface area contributed by atoms with Crippen molar-refractivity contribution in [3.8, 4) is 0 Å². The van der Waals surface area contributed by atoms with Crippen molar-refractivity contribution in [2.75, 3.05) is 18.8 Å². The predicted octanol–water partition coefficient (Wildman–Crippen LogP) is 1.38. The molecule has 5 N–H and O–H groups in total. The number of hydrogen-bond donors (Lipinski definition) is 4. The van der Waals surface area contributed by atoms with Gasteiger partial charge in [0.25, 0.3) is 0 Å². The fourth-order valence-corrected chi connectivity index (χ4v) is 3.33. The third-order valence-electron chi connectivity index (χ3n) is 4.87. The molecular formula is C19H24N8O. The smallest absolute Gasteiger partial charge is 0.223 e. The van der Waals surface area contributed by atoms with Crippen LogP contribution in [-0.2, 0) is 4.79 Å². The van der Waals surface area contributed by atoms with E-state index in [4.69, 9.17) is 5.73 Å². The Labute approximate surface area is 162 Å². The standard InChI is InChI=1S/C13H13N7.C6H11NO/c1-7-9(6-15-18-7)11-17-12-8-4-2-3-5-10(8)16-13(14)20(12)19-11;8-6-4-2-1-3-5-7-6/h2-5,15,18H,6H2,1H3,(H2,14,16);1-5H2,(H,7,8). The summed E-state index contributed by atoms with van der Waals surface area (Å²) in [6.07, 6.45) is 4.18. The third-order valence-corrected chi connectivity index (χ3v) is 4.87. The number of benzene rings is 1. The maximum atomic E-state index is 10.6. The van der Waals surface area contributed by atoms with Crippen LogP contribution in [0.5, 0.6) is 0 Å². The SMILES string of the molecule is CC1=C(c2nc3c4ccccc4nc(N)n3n2)CNN1.O=C1CCCCCN1. The van der Waals surface area contributed by atoms with Gasteiger partial charge in [0.15, 0.2) is 11.5 Å². The van der Waals surface area contributed by atoms with Crippen LogP contribution < -0.4 is 21.9 Å². The molecule has 3 aromatic rings. The zero-order valence-electron chi connectivity index (χ0n) is 15.8. The fraction of sp³-hybridized carbons (Fsp3) is 0.368. The van der Waals surface area contributed by atoms with E-state index >= 15 is 0 Å². The summed E-state index contributed by atoms with van der Waals surface area (Å²) in [6.45, 7) is 3.56. The maximum Gasteiger partial charge on any atom is 0.223 e. The van der Waals surface area contributed by atoms with Crippen LogP contribution >= 0.6 is 0 Å². The molecule has 0 radical (unpaired) electrons. The molecule has 2 aromatic heterocycles. The van der Waals surface area contributed by atoms with E-state index in [0.717, 1.165) is 53.6 Å². The Hall–Kier alpha value is -3.20. The van der Waals surface area contributed by atoms with Crippen molar-refractivity contribution in [1.29, 1.82) is 0 Å². The van der Waals surface area contributed by atoms with Crippen LogP contribution in [0.2, 0.25) is 0 Å². The number of nitrogens with one attached hydrogen (secondary N) is 3. The number of aromatic nitrogens is 4. The Morgan fingerprint density at radius 1 is 1.14 bits per heavy atom. The van der Waals surface area contributed by atoms with Crippen molar-refractivity contribution in [3.63, 3.8) is 0 Å². The van der Waals surface area contributed by atoms with E-state index < -0.39 is 0 Å². The Kier molecular flexibility index (Phi) is 5.07. The topological polar surface area (TPSA) is 122 Å². The lowest BCUT2D eigenvalue weighted by Crippen LogP contribution is -2.22. The van der Waals surface area contributed by atoms with E-state index in [1.165, 1.54) is 6.42 Å². The lowest BCUT2D eigenvalue weighted by molar-refractivity contribution is -0.120. The van der Waals surface area contributed by atoms with Crippen LogP contribution in [0.1, 0.15) is 38.4 Å². The summed E-state index contributed by atoms with van der Waals surface area (Å²) >= 11 is 0. The van der Waals surface area contributed by atoms with Crippen LogP contribution in [-0.4, -0.2) is 38.6 Å². The minimum Gasteiger partial charge on any atom is -0.368 e. The number of nitrogen functional groups attached to an aromatic ring is 1. The number of para-hydroxylation sites is 1. The van der Waals surface area contributed by atoms with E-state index in [-0.39, 0.29) is 5.91 Å². The Morgan fingerprint density at radius 2 is 2.00 bits per heavy atom. The number of carbonyl (C=O) groups excluding carboxylic acids is 1. The Bertz CT molecular complexity index is 1040. The molecule has 0 bridgehead atoms.